The SMILES string of the molecule is CC/C=C\C/C=C\C/C=C\C/C=C\C/C=C\C/C=C\C/C=C\CCCCCCCC(=O)OCC(COC(=O)CCCCCCCCCCCCCCCC)OC(=O)CCCCCCC/C=C\C/C=C\C/C=C\CC. The van der Waals surface area contributed by atoms with E-state index >= 15 is 0 Å². The standard InChI is InChI=1S/C68H112O6/c1-4-7-10-13-16-19-22-25-28-29-30-31-32-33-34-35-36-37-38-39-41-43-46-49-52-55-58-61-67(70)73-64-65(63-72-66(69)60-57-54-51-48-45-42-27-24-21-18-15-12-9-6-3)74-68(71)62-59-56-53-50-47-44-40-26-23-20-17-14-11-8-5-2/h7-8,10-11,16-17,19-20,25-26,28,30-31,33-34,36-37,39-41,65H,4-6,9,12-15,18,21-24,27,29,32,35,38,42-64H2,1-3H3/b10-7-,11-8-,19-16-,20-17-,28-25-,31-30-,34-33-,37-36-,40-26-,41-39-. The van der Waals surface area contributed by atoms with Crippen LogP contribution in [0.2, 0.25) is 0 Å². The molecule has 0 saturated heterocycles. The smallest absolute Gasteiger partial charge is 0.306 e. The van der Waals surface area contributed by atoms with E-state index in [1.165, 1.54) is 70.6 Å². The number of carbonyl (C=O) groups excluding carboxylic acids is 3. The van der Waals surface area contributed by atoms with Crippen LogP contribution in [0.25, 0.3) is 0 Å². The Labute approximate surface area is 456 Å². The summed E-state index contributed by atoms with van der Waals surface area (Å²) in [4.78, 5) is 38.2. The molecule has 0 aromatic heterocycles. The molecular weight excluding hydrogens is 913 g/mol. The molecule has 1 atom stereocenters. The zero-order valence-electron chi connectivity index (χ0n) is 48.1. The molecule has 6 nitrogen and oxygen atoms in total. The van der Waals surface area contributed by atoms with Crippen molar-refractivity contribution in [1.82, 2.24) is 0 Å². The third kappa shape index (κ3) is 58.7. The third-order valence-electron chi connectivity index (χ3n) is 12.7. The van der Waals surface area contributed by atoms with Crippen LogP contribution in [0, 0.1) is 0 Å². The fourth-order valence-electron chi connectivity index (χ4n) is 8.20. The second kappa shape index (κ2) is 61.4. The molecular formula is C68H112O6. The highest BCUT2D eigenvalue weighted by atomic mass is 16.6. The van der Waals surface area contributed by atoms with Crippen LogP contribution in [-0.4, -0.2) is 37.2 Å². The number of rotatable bonds is 54. The lowest BCUT2D eigenvalue weighted by molar-refractivity contribution is -0.167. The van der Waals surface area contributed by atoms with E-state index in [0.717, 1.165) is 161 Å². The zero-order chi connectivity index (χ0) is 53.6. The number of hydrogen-bond acceptors (Lipinski definition) is 6. The second-order valence-electron chi connectivity index (χ2n) is 19.9. The lowest BCUT2D eigenvalue weighted by Crippen LogP contribution is -2.30. The molecule has 74 heavy (non-hydrogen) atoms. The van der Waals surface area contributed by atoms with Gasteiger partial charge in [0.25, 0.3) is 0 Å². The van der Waals surface area contributed by atoms with E-state index in [9.17, 15) is 14.4 Å². The van der Waals surface area contributed by atoms with Crippen LogP contribution in [0.3, 0.4) is 0 Å². The quantitative estimate of drug-likeness (QED) is 0.0261. The first-order valence-corrected chi connectivity index (χ1v) is 30.5. The first-order valence-electron chi connectivity index (χ1n) is 30.5. The van der Waals surface area contributed by atoms with E-state index in [2.05, 4.69) is 142 Å². The summed E-state index contributed by atoms with van der Waals surface area (Å²) in [6.45, 7) is 6.39. The minimum Gasteiger partial charge on any atom is -0.462 e. The molecule has 0 aliphatic carbocycles. The van der Waals surface area contributed by atoms with Gasteiger partial charge >= 0.3 is 17.9 Å². The van der Waals surface area contributed by atoms with Crippen molar-refractivity contribution >= 4 is 17.9 Å². The molecule has 0 spiro atoms. The van der Waals surface area contributed by atoms with Gasteiger partial charge in [0.2, 0.25) is 0 Å². The summed E-state index contributed by atoms with van der Waals surface area (Å²) >= 11 is 0. The summed E-state index contributed by atoms with van der Waals surface area (Å²) in [5.41, 5.74) is 0. The van der Waals surface area contributed by atoms with Gasteiger partial charge in [-0.2, -0.15) is 0 Å². The van der Waals surface area contributed by atoms with E-state index in [0.29, 0.717) is 19.3 Å². The van der Waals surface area contributed by atoms with Crippen molar-refractivity contribution in [3.63, 3.8) is 0 Å². The summed E-state index contributed by atoms with van der Waals surface area (Å²) in [5.74, 6) is -0.926. The topological polar surface area (TPSA) is 78.9 Å². The van der Waals surface area contributed by atoms with Crippen LogP contribution in [-0.2, 0) is 28.6 Å². The Bertz CT molecular complexity index is 1550. The maximum atomic E-state index is 12.9. The minimum absolute atomic E-state index is 0.0918. The molecule has 0 radical (unpaired) electrons. The van der Waals surface area contributed by atoms with Crippen LogP contribution in [0.15, 0.2) is 122 Å². The van der Waals surface area contributed by atoms with E-state index < -0.39 is 6.10 Å². The number of allylic oxidation sites excluding steroid dienone is 20. The molecule has 0 saturated carbocycles. The Kier molecular flexibility index (Phi) is 57.9. The third-order valence-corrected chi connectivity index (χ3v) is 12.7. The van der Waals surface area contributed by atoms with Gasteiger partial charge in [-0.3, -0.25) is 14.4 Å². The summed E-state index contributed by atoms with van der Waals surface area (Å²) in [6.07, 6.45) is 84.8. The fourth-order valence-corrected chi connectivity index (χ4v) is 8.20. The van der Waals surface area contributed by atoms with E-state index in [1.807, 2.05) is 0 Å². The lowest BCUT2D eigenvalue weighted by atomic mass is 10.0. The lowest BCUT2D eigenvalue weighted by Gasteiger charge is -2.18. The zero-order valence-corrected chi connectivity index (χ0v) is 48.1. The first-order chi connectivity index (χ1) is 36.5. The highest BCUT2D eigenvalue weighted by molar-refractivity contribution is 5.71. The van der Waals surface area contributed by atoms with E-state index in [-0.39, 0.29) is 31.1 Å². The van der Waals surface area contributed by atoms with Gasteiger partial charge in [0.1, 0.15) is 13.2 Å². The molecule has 0 N–H and O–H groups in total. The van der Waals surface area contributed by atoms with E-state index in [4.69, 9.17) is 14.2 Å². The molecule has 1 unspecified atom stereocenters. The van der Waals surface area contributed by atoms with Gasteiger partial charge in [-0.05, 0) is 109 Å². The Hall–Kier alpha value is -4.19. The van der Waals surface area contributed by atoms with Gasteiger partial charge in [-0.1, -0.05) is 264 Å². The van der Waals surface area contributed by atoms with E-state index in [1.54, 1.807) is 0 Å². The Morgan fingerprint density at radius 1 is 0.284 bits per heavy atom. The molecule has 0 amide bonds. The average molecular weight is 1030 g/mol. The predicted octanol–water partition coefficient (Wildman–Crippen LogP) is 20.8. The van der Waals surface area contributed by atoms with Gasteiger partial charge in [0.15, 0.2) is 6.10 Å². The molecule has 0 bridgehead atoms. The molecule has 0 rings (SSSR count). The second-order valence-corrected chi connectivity index (χ2v) is 19.9. The highest BCUT2D eigenvalue weighted by Crippen LogP contribution is 2.15. The van der Waals surface area contributed by atoms with Crippen LogP contribution in [0.5, 0.6) is 0 Å². The van der Waals surface area contributed by atoms with Crippen LogP contribution >= 0.6 is 0 Å². The molecule has 420 valence electrons. The van der Waals surface area contributed by atoms with Crippen molar-refractivity contribution in [3.05, 3.63) is 122 Å². The number of unbranched alkanes of at least 4 members (excludes halogenated alkanes) is 23. The molecule has 0 fully saturated rings. The maximum absolute atomic E-state index is 12.9. The molecule has 0 aromatic rings. The normalized spacial score (nSPS) is 13.0. The molecule has 0 heterocycles. The number of esters is 3. The Morgan fingerprint density at radius 3 is 0.824 bits per heavy atom. The highest BCUT2D eigenvalue weighted by Gasteiger charge is 2.19. The first kappa shape index (κ1) is 69.8. The van der Waals surface area contributed by atoms with Gasteiger partial charge < -0.3 is 14.2 Å². The summed E-state index contributed by atoms with van der Waals surface area (Å²) in [7, 11) is 0. The largest absolute Gasteiger partial charge is 0.462 e. The van der Waals surface area contributed by atoms with Gasteiger partial charge in [-0.25, -0.2) is 0 Å². The van der Waals surface area contributed by atoms with Gasteiger partial charge in [-0.15, -0.1) is 0 Å². The summed E-state index contributed by atoms with van der Waals surface area (Å²) in [6, 6.07) is 0. The fraction of sp³-hybridized carbons (Fsp3) is 0.662. The number of hydrogen-bond donors (Lipinski definition) is 0. The van der Waals surface area contributed by atoms with Crippen LogP contribution in [0.1, 0.15) is 271 Å². The predicted molar refractivity (Wildman–Crippen MR) is 320 cm³/mol. The van der Waals surface area contributed by atoms with Crippen molar-refractivity contribution in [2.75, 3.05) is 13.2 Å². The molecule has 6 heteroatoms. The van der Waals surface area contributed by atoms with Crippen molar-refractivity contribution in [3.8, 4) is 0 Å². The van der Waals surface area contributed by atoms with Crippen LogP contribution in [0.4, 0.5) is 0 Å². The monoisotopic (exact) mass is 1020 g/mol. The van der Waals surface area contributed by atoms with Crippen molar-refractivity contribution in [2.45, 2.75) is 277 Å². The molecule has 0 aliphatic rings. The number of carbonyl (C=O) groups is 3. The van der Waals surface area contributed by atoms with Crippen molar-refractivity contribution in [2.24, 2.45) is 0 Å². The minimum atomic E-state index is -0.798. The van der Waals surface area contributed by atoms with Crippen molar-refractivity contribution in [1.29, 1.82) is 0 Å². The number of ether oxygens (including phenoxy) is 3. The molecule has 0 aliphatic heterocycles. The Morgan fingerprint density at radius 2 is 0.527 bits per heavy atom. The molecule has 0 aromatic carbocycles. The van der Waals surface area contributed by atoms with Crippen molar-refractivity contribution < 1.29 is 28.6 Å². The average Bonchev–Trinajstić information content (AvgIpc) is 3.40. The summed E-state index contributed by atoms with van der Waals surface area (Å²) < 4.78 is 16.9. The summed E-state index contributed by atoms with van der Waals surface area (Å²) in [5, 5.41) is 0. The Balaban J connectivity index is 4.39. The van der Waals surface area contributed by atoms with Gasteiger partial charge in [0.05, 0.1) is 0 Å². The maximum Gasteiger partial charge on any atom is 0.306 e. The van der Waals surface area contributed by atoms with Gasteiger partial charge in [0, 0.05) is 19.3 Å². The van der Waals surface area contributed by atoms with Crippen LogP contribution < -0.4 is 0 Å².